The smallest absolute Gasteiger partial charge is 0.328 e. The van der Waals surface area contributed by atoms with Crippen molar-refractivity contribution in [2.24, 2.45) is 28.2 Å². The van der Waals surface area contributed by atoms with Gasteiger partial charge in [0.2, 0.25) is 23.6 Å². The Hall–Kier alpha value is -3.91. The average molecular weight is 814 g/mol. The van der Waals surface area contributed by atoms with Crippen molar-refractivity contribution >= 4 is 46.4 Å². The first-order valence-corrected chi connectivity index (χ1v) is 21.0. The highest BCUT2D eigenvalue weighted by Gasteiger charge is 2.40. The first-order chi connectivity index (χ1) is 26.5. The van der Waals surface area contributed by atoms with Gasteiger partial charge < -0.3 is 34.6 Å². The highest BCUT2D eigenvalue weighted by atomic mass is 32.2. The van der Waals surface area contributed by atoms with Gasteiger partial charge in [0.25, 0.3) is 0 Å². The van der Waals surface area contributed by atoms with E-state index in [4.69, 9.17) is 14.5 Å². The van der Waals surface area contributed by atoms with Crippen molar-refractivity contribution in [1.82, 2.24) is 20.0 Å². The molecule has 3 rings (SSSR count). The van der Waals surface area contributed by atoms with E-state index in [1.165, 1.54) is 35.8 Å². The van der Waals surface area contributed by atoms with Gasteiger partial charge in [0.1, 0.15) is 36.0 Å². The number of nitrogens with zero attached hydrogens (tertiary/aromatic N) is 4. The summed E-state index contributed by atoms with van der Waals surface area (Å²) in [6, 6.07) is 2.90. The highest BCUT2D eigenvalue weighted by molar-refractivity contribution is 8.14. The quantitative estimate of drug-likeness (QED) is 0.410. The third-order valence-corrected chi connectivity index (χ3v) is 12.6. The maximum absolute atomic E-state index is 14.3. The zero-order valence-corrected chi connectivity index (χ0v) is 37.3. The zero-order chi connectivity index (χ0) is 43.1. The van der Waals surface area contributed by atoms with E-state index in [0.717, 1.165) is 10.6 Å². The number of cyclic esters (lactones) is 1. The second kappa shape index (κ2) is 20.2. The van der Waals surface area contributed by atoms with E-state index in [9.17, 15) is 29.1 Å². The summed E-state index contributed by atoms with van der Waals surface area (Å²) in [5.41, 5.74) is 0.723. The van der Waals surface area contributed by atoms with E-state index < -0.39 is 71.4 Å². The molecule has 1 aromatic carbocycles. The predicted molar refractivity (Wildman–Crippen MR) is 225 cm³/mol. The molecule has 2 bridgehead atoms. The lowest BCUT2D eigenvalue weighted by atomic mass is 9.81. The summed E-state index contributed by atoms with van der Waals surface area (Å²) in [5, 5.41) is 15.1. The van der Waals surface area contributed by atoms with Crippen LogP contribution >= 0.6 is 11.8 Å². The number of hydrogen-bond acceptors (Lipinski definition) is 10. The van der Waals surface area contributed by atoms with Crippen molar-refractivity contribution in [1.29, 1.82) is 0 Å². The van der Waals surface area contributed by atoms with E-state index in [0.29, 0.717) is 29.9 Å². The maximum Gasteiger partial charge on any atom is 0.328 e. The van der Waals surface area contributed by atoms with Gasteiger partial charge in [0, 0.05) is 44.8 Å². The zero-order valence-electron chi connectivity index (χ0n) is 36.5. The molecule has 0 aromatic heterocycles. The minimum atomic E-state index is -1.04. The molecular weight excluding hydrogens is 747 g/mol. The number of methoxy groups -OCH3 is 1. The van der Waals surface area contributed by atoms with Crippen LogP contribution in [-0.4, -0.2) is 131 Å². The van der Waals surface area contributed by atoms with Gasteiger partial charge in [-0.15, -0.1) is 11.8 Å². The Labute approximate surface area is 344 Å². The number of fused-ring (bicyclic) bond motifs is 1. The van der Waals surface area contributed by atoms with Crippen LogP contribution in [0.1, 0.15) is 87.6 Å². The minimum absolute atomic E-state index is 0.0177. The van der Waals surface area contributed by atoms with Crippen LogP contribution < -0.4 is 10.1 Å². The predicted octanol–water partition coefficient (Wildman–Crippen LogP) is 4.74. The van der Waals surface area contributed by atoms with Crippen molar-refractivity contribution < 1.29 is 38.6 Å². The number of nitrogens with one attached hydrogen (secondary N) is 1. The summed E-state index contributed by atoms with van der Waals surface area (Å²) < 4.78 is 11.4. The average Bonchev–Trinajstić information content (AvgIpc) is 3.62. The Bertz CT molecular complexity index is 1660. The van der Waals surface area contributed by atoms with Crippen LogP contribution in [0, 0.1) is 23.2 Å². The van der Waals surface area contributed by atoms with Crippen molar-refractivity contribution in [3.63, 3.8) is 0 Å². The molecule has 57 heavy (non-hydrogen) atoms. The first-order valence-electron chi connectivity index (χ1n) is 20.0. The number of likely N-dealkylation sites (N-methyl/N-ethyl adjacent to an activating group) is 3. The van der Waals surface area contributed by atoms with E-state index in [1.807, 2.05) is 60.6 Å². The van der Waals surface area contributed by atoms with Gasteiger partial charge >= 0.3 is 5.97 Å². The molecule has 2 heterocycles. The Morgan fingerprint density at radius 2 is 1.51 bits per heavy atom. The lowest BCUT2D eigenvalue weighted by Gasteiger charge is -2.38. The molecule has 0 aliphatic carbocycles. The first kappa shape index (κ1) is 47.5. The monoisotopic (exact) mass is 813 g/mol. The van der Waals surface area contributed by atoms with Crippen LogP contribution in [0.4, 0.5) is 0 Å². The number of thioether (sulfide) groups is 1. The van der Waals surface area contributed by atoms with Gasteiger partial charge in [-0.1, -0.05) is 66.7 Å². The molecule has 9 atom stereocenters. The molecule has 2 aliphatic rings. The van der Waals surface area contributed by atoms with E-state index >= 15 is 0 Å². The van der Waals surface area contributed by atoms with Crippen LogP contribution in [0.15, 0.2) is 40.9 Å². The van der Waals surface area contributed by atoms with Gasteiger partial charge in [0.05, 0.1) is 24.3 Å². The second-order valence-corrected chi connectivity index (χ2v) is 18.4. The van der Waals surface area contributed by atoms with E-state index in [2.05, 4.69) is 5.32 Å². The summed E-state index contributed by atoms with van der Waals surface area (Å²) in [5.74, 6) is -1.81. The minimum Gasteiger partial charge on any atom is -0.497 e. The molecule has 1 aromatic rings. The molecule has 0 fully saturated rings. The van der Waals surface area contributed by atoms with Gasteiger partial charge in [-0.25, -0.2) is 4.79 Å². The fourth-order valence-corrected chi connectivity index (χ4v) is 8.27. The molecular formula is C43H67N5O8S. The number of aliphatic hydroxyl groups excluding tert-OH is 1. The number of rotatable bonds is 4. The van der Waals surface area contributed by atoms with Crippen LogP contribution in [-0.2, 0) is 35.1 Å². The van der Waals surface area contributed by atoms with Crippen molar-refractivity contribution in [3.05, 3.63) is 41.5 Å². The van der Waals surface area contributed by atoms with Gasteiger partial charge in [-0.2, -0.15) is 0 Å². The molecule has 2 N–H and O–H groups in total. The largest absolute Gasteiger partial charge is 0.497 e. The lowest BCUT2D eigenvalue weighted by Crippen LogP contribution is -2.59. The molecule has 2 aliphatic heterocycles. The number of hydrogen-bond donors (Lipinski definition) is 2. The fraction of sp³-hybridized carbons (Fsp3) is 0.674. The number of aliphatic hydroxyl groups is 1. The van der Waals surface area contributed by atoms with Crippen LogP contribution in [0.5, 0.6) is 5.75 Å². The molecule has 0 spiro atoms. The summed E-state index contributed by atoms with van der Waals surface area (Å²) in [7, 11) is 6.11. The summed E-state index contributed by atoms with van der Waals surface area (Å²) in [6.07, 6.45) is 1.66. The molecule has 0 saturated carbocycles. The standard InChI is InChI=1S/C43H67N5O8S/c1-24(2)36-41(53)47(12)29(7)42(54)56-35(43(8,9)10)20-25(3)19-34(49)27(5)38-44-31(23-57-38)21-26(4)37(50)45-33(22-30-15-17-32(55-14)18-16-30)40(52)46(11)28(6)39(51)48(36)13/h15-18,21,24-25,27-29,31,33-36,49H,19-20,22-23H2,1-14H3,(H,45,50)/b26-21+/t25-,27-,28-,29-,31?,33-,34-,35-,36-/m0/s1. The Balaban J connectivity index is 2.06. The number of benzene rings is 1. The third kappa shape index (κ3) is 12.3. The third-order valence-electron chi connectivity index (χ3n) is 11.4. The highest BCUT2D eigenvalue weighted by Crippen LogP contribution is 2.33. The summed E-state index contributed by atoms with van der Waals surface area (Å²) in [4.78, 5) is 78.8. The number of esters is 1. The molecule has 0 radical (unpaired) electrons. The summed E-state index contributed by atoms with van der Waals surface area (Å²) >= 11 is 1.55. The van der Waals surface area contributed by atoms with Crippen molar-refractivity contribution in [2.45, 2.75) is 131 Å². The van der Waals surface area contributed by atoms with Crippen LogP contribution in [0.25, 0.3) is 0 Å². The fourth-order valence-electron chi connectivity index (χ4n) is 7.13. The second-order valence-electron chi connectivity index (χ2n) is 17.4. The topological polar surface area (TPSA) is 158 Å². The van der Waals surface area contributed by atoms with E-state index in [1.54, 1.807) is 57.9 Å². The Morgan fingerprint density at radius 1 is 0.912 bits per heavy atom. The normalized spacial score (nSPS) is 30.9. The van der Waals surface area contributed by atoms with Crippen LogP contribution in [0.3, 0.4) is 0 Å². The Kier molecular flexibility index (Phi) is 16.8. The molecule has 318 valence electrons. The van der Waals surface area contributed by atoms with Crippen LogP contribution in [0.2, 0.25) is 0 Å². The number of amides is 4. The number of carbonyl (C=O) groups excluding carboxylic acids is 5. The molecule has 4 amide bonds. The molecule has 13 nitrogen and oxygen atoms in total. The number of aliphatic imine (C=N–C) groups is 1. The SMILES string of the molecule is COc1ccc(C[C@@H]2NC(=O)/C(C)=C/C3CSC(=N3)[C@@H](C)[C@@H](O)C[C@H](C)C[C@@H](C(C)(C)C)OC(=O)[C@H](C)N(C)C(=O)[C@H](C(C)C)N(C)C(=O)[C@H](C)N(C)C2=O)cc1. The van der Waals surface area contributed by atoms with E-state index in [-0.39, 0.29) is 30.2 Å². The summed E-state index contributed by atoms with van der Waals surface area (Å²) in [6.45, 7) is 18.5. The molecule has 1 unspecified atom stereocenters. The maximum atomic E-state index is 14.3. The van der Waals surface area contributed by atoms with Crippen molar-refractivity contribution in [2.75, 3.05) is 34.0 Å². The lowest BCUT2D eigenvalue weighted by molar-refractivity contribution is -0.166. The number of carbonyl (C=O) groups is 5. The Morgan fingerprint density at radius 3 is 2.07 bits per heavy atom. The van der Waals surface area contributed by atoms with Gasteiger partial charge in [-0.3, -0.25) is 24.2 Å². The van der Waals surface area contributed by atoms with Gasteiger partial charge in [-0.05, 0) is 68.6 Å². The molecule has 0 saturated heterocycles. The molecule has 14 heteroatoms. The van der Waals surface area contributed by atoms with Crippen molar-refractivity contribution in [3.8, 4) is 5.75 Å². The number of ether oxygens (including phenoxy) is 2. The van der Waals surface area contributed by atoms with Gasteiger partial charge in [0.15, 0.2) is 0 Å².